The van der Waals surface area contributed by atoms with Crippen molar-refractivity contribution in [3.05, 3.63) is 0 Å². The van der Waals surface area contributed by atoms with E-state index in [4.69, 9.17) is 4.74 Å². The monoisotopic (exact) mass is 352 g/mol. The van der Waals surface area contributed by atoms with Crippen LogP contribution in [0.3, 0.4) is 0 Å². The summed E-state index contributed by atoms with van der Waals surface area (Å²) in [5.74, 6) is -0.400. The highest BCUT2D eigenvalue weighted by molar-refractivity contribution is 6.05. The fourth-order valence-electron chi connectivity index (χ4n) is 4.23. The van der Waals surface area contributed by atoms with Crippen LogP contribution >= 0.6 is 0 Å². The summed E-state index contributed by atoms with van der Waals surface area (Å²) >= 11 is 0. The Morgan fingerprint density at radius 2 is 1.72 bits per heavy atom. The molecule has 6 heteroatoms. The smallest absolute Gasteiger partial charge is 0.233 e. The maximum atomic E-state index is 12.7. The number of ether oxygens (including phenoxy) is 1. The maximum absolute atomic E-state index is 12.7. The van der Waals surface area contributed by atoms with Gasteiger partial charge in [-0.25, -0.2) is 0 Å². The van der Waals surface area contributed by atoms with Gasteiger partial charge in [-0.1, -0.05) is 26.7 Å². The zero-order valence-corrected chi connectivity index (χ0v) is 15.8. The van der Waals surface area contributed by atoms with Crippen molar-refractivity contribution < 1.29 is 19.1 Å². The van der Waals surface area contributed by atoms with E-state index in [1.807, 2.05) is 4.90 Å². The van der Waals surface area contributed by atoms with Gasteiger partial charge < -0.3 is 9.64 Å². The molecule has 2 unspecified atom stereocenters. The number of imide groups is 1. The zero-order chi connectivity index (χ0) is 18.4. The Balaban J connectivity index is 1.96. The molecule has 25 heavy (non-hydrogen) atoms. The van der Waals surface area contributed by atoms with Crippen LogP contribution in [-0.4, -0.2) is 60.4 Å². The molecule has 0 bridgehead atoms. The minimum absolute atomic E-state index is 0.00113. The Hall–Kier alpha value is -1.43. The third-order valence-electron chi connectivity index (χ3n) is 5.72. The second-order valence-corrected chi connectivity index (χ2v) is 7.13. The van der Waals surface area contributed by atoms with E-state index < -0.39 is 0 Å². The summed E-state index contributed by atoms with van der Waals surface area (Å²) < 4.78 is 5.13. The molecule has 1 aliphatic carbocycles. The first-order valence-electron chi connectivity index (χ1n) is 9.68. The molecule has 0 N–H and O–H groups in total. The van der Waals surface area contributed by atoms with Gasteiger partial charge in [0.15, 0.2) is 0 Å². The quantitative estimate of drug-likeness (QED) is 0.597. The lowest BCUT2D eigenvalue weighted by molar-refractivity contribution is -0.141. The van der Waals surface area contributed by atoms with Crippen molar-refractivity contribution in [2.75, 3.05) is 26.8 Å². The zero-order valence-electron chi connectivity index (χ0n) is 15.8. The van der Waals surface area contributed by atoms with Crippen molar-refractivity contribution in [3.8, 4) is 0 Å². The average molecular weight is 352 g/mol. The SMILES string of the molecule is CCC(CC)N(CCOC)C(=O)CCN1C(=O)C2CCCCC2C1=O. The van der Waals surface area contributed by atoms with Crippen LogP contribution in [0, 0.1) is 11.8 Å². The van der Waals surface area contributed by atoms with E-state index in [1.165, 1.54) is 4.90 Å². The third-order valence-corrected chi connectivity index (χ3v) is 5.72. The first-order valence-corrected chi connectivity index (χ1v) is 9.68. The highest BCUT2D eigenvalue weighted by Crippen LogP contribution is 2.38. The van der Waals surface area contributed by atoms with E-state index in [2.05, 4.69) is 13.8 Å². The number of hydrogen-bond acceptors (Lipinski definition) is 4. The van der Waals surface area contributed by atoms with Gasteiger partial charge in [-0.3, -0.25) is 19.3 Å². The number of rotatable bonds is 9. The lowest BCUT2D eigenvalue weighted by Crippen LogP contribution is -2.43. The molecule has 142 valence electrons. The van der Waals surface area contributed by atoms with Crippen LogP contribution in [0.25, 0.3) is 0 Å². The largest absolute Gasteiger partial charge is 0.383 e. The first kappa shape index (κ1) is 19.9. The fourth-order valence-corrected chi connectivity index (χ4v) is 4.23. The van der Waals surface area contributed by atoms with Crippen molar-refractivity contribution in [1.29, 1.82) is 0 Å². The molecule has 0 radical (unpaired) electrons. The number of carbonyl (C=O) groups excluding carboxylic acids is 3. The standard InChI is InChI=1S/C19H32N2O4/c1-4-14(5-2)20(12-13-25-3)17(22)10-11-21-18(23)15-8-6-7-9-16(15)19(21)24/h14-16H,4-13H2,1-3H3. The minimum atomic E-state index is -0.139. The summed E-state index contributed by atoms with van der Waals surface area (Å²) in [6, 6.07) is 0.176. The van der Waals surface area contributed by atoms with Gasteiger partial charge in [0.05, 0.1) is 18.4 Å². The number of amides is 3. The van der Waals surface area contributed by atoms with Crippen LogP contribution in [0.4, 0.5) is 0 Å². The molecular formula is C19H32N2O4. The molecule has 1 aliphatic heterocycles. The number of fused-ring (bicyclic) bond motifs is 1. The van der Waals surface area contributed by atoms with Crippen LogP contribution in [0.2, 0.25) is 0 Å². The van der Waals surface area contributed by atoms with Gasteiger partial charge in [-0.15, -0.1) is 0 Å². The summed E-state index contributed by atoms with van der Waals surface area (Å²) in [5.41, 5.74) is 0. The average Bonchev–Trinajstić information content (AvgIpc) is 2.87. The molecular weight excluding hydrogens is 320 g/mol. The highest BCUT2D eigenvalue weighted by Gasteiger charge is 2.47. The van der Waals surface area contributed by atoms with Crippen LogP contribution in [0.1, 0.15) is 58.8 Å². The van der Waals surface area contributed by atoms with Gasteiger partial charge in [-0.2, -0.15) is 0 Å². The first-order chi connectivity index (χ1) is 12.0. The molecule has 3 amide bonds. The van der Waals surface area contributed by atoms with E-state index in [-0.39, 0.29) is 48.6 Å². The van der Waals surface area contributed by atoms with E-state index in [0.717, 1.165) is 38.5 Å². The predicted molar refractivity (Wildman–Crippen MR) is 94.7 cm³/mol. The summed E-state index contributed by atoms with van der Waals surface area (Å²) in [5, 5.41) is 0. The number of methoxy groups -OCH3 is 1. The predicted octanol–water partition coefficient (Wildman–Crippen LogP) is 2.22. The van der Waals surface area contributed by atoms with Crippen LogP contribution in [-0.2, 0) is 19.1 Å². The number of likely N-dealkylation sites (tertiary alicyclic amines) is 1. The highest BCUT2D eigenvalue weighted by atomic mass is 16.5. The Kier molecular flexibility index (Phi) is 7.41. The topological polar surface area (TPSA) is 66.9 Å². The van der Waals surface area contributed by atoms with Gasteiger partial charge in [0.25, 0.3) is 0 Å². The molecule has 6 nitrogen and oxygen atoms in total. The maximum Gasteiger partial charge on any atom is 0.233 e. The van der Waals surface area contributed by atoms with E-state index >= 15 is 0 Å². The molecule has 0 spiro atoms. The number of nitrogens with zero attached hydrogens (tertiary/aromatic N) is 2. The van der Waals surface area contributed by atoms with Crippen molar-refractivity contribution in [2.24, 2.45) is 11.8 Å². The molecule has 2 atom stereocenters. The summed E-state index contributed by atoms with van der Waals surface area (Å²) in [6.45, 7) is 5.40. The lowest BCUT2D eigenvalue weighted by Gasteiger charge is -2.31. The number of hydrogen-bond donors (Lipinski definition) is 0. The minimum Gasteiger partial charge on any atom is -0.383 e. The molecule has 0 aromatic rings. The number of carbonyl (C=O) groups is 3. The fraction of sp³-hybridized carbons (Fsp3) is 0.842. The molecule has 0 aromatic carbocycles. The molecule has 1 heterocycles. The normalized spacial score (nSPS) is 23.3. The Labute approximate surface area is 150 Å². The molecule has 2 aliphatic rings. The molecule has 1 saturated heterocycles. The van der Waals surface area contributed by atoms with Crippen LogP contribution in [0.5, 0.6) is 0 Å². The second kappa shape index (κ2) is 9.32. The molecule has 1 saturated carbocycles. The van der Waals surface area contributed by atoms with Crippen molar-refractivity contribution in [3.63, 3.8) is 0 Å². The van der Waals surface area contributed by atoms with E-state index in [0.29, 0.717) is 13.2 Å². The Morgan fingerprint density at radius 1 is 1.16 bits per heavy atom. The van der Waals surface area contributed by atoms with Crippen LogP contribution in [0.15, 0.2) is 0 Å². The van der Waals surface area contributed by atoms with Crippen LogP contribution < -0.4 is 0 Å². The molecule has 0 aromatic heterocycles. The second-order valence-electron chi connectivity index (χ2n) is 7.13. The van der Waals surface area contributed by atoms with Crippen molar-refractivity contribution >= 4 is 17.7 Å². The van der Waals surface area contributed by atoms with Gasteiger partial charge >= 0.3 is 0 Å². The van der Waals surface area contributed by atoms with Crippen molar-refractivity contribution in [1.82, 2.24) is 9.80 Å². The van der Waals surface area contributed by atoms with Gasteiger partial charge in [0, 0.05) is 32.7 Å². The summed E-state index contributed by atoms with van der Waals surface area (Å²) in [7, 11) is 1.62. The van der Waals surface area contributed by atoms with Gasteiger partial charge in [0.2, 0.25) is 17.7 Å². The summed E-state index contributed by atoms with van der Waals surface area (Å²) in [6.07, 6.45) is 5.64. The van der Waals surface area contributed by atoms with Gasteiger partial charge in [0.1, 0.15) is 0 Å². The van der Waals surface area contributed by atoms with Crippen molar-refractivity contribution in [2.45, 2.75) is 64.8 Å². The third kappa shape index (κ3) is 4.40. The molecule has 2 fully saturated rings. The molecule has 2 rings (SSSR count). The van der Waals surface area contributed by atoms with Gasteiger partial charge in [-0.05, 0) is 25.7 Å². The summed E-state index contributed by atoms with van der Waals surface area (Å²) in [4.78, 5) is 40.9. The van der Waals surface area contributed by atoms with E-state index in [9.17, 15) is 14.4 Å². The lowest BCUT2D eigenvalue weighted by atomic mass is 9.81. The van der Waals surface area contributed by atoms with E-state index in [1.54, 1.807) is 7.11 Å². The Bertz CT molecular complexity index is 466. The Morgan fingerprint density at radius 3 is 2.20 bits per heavy atom.